The van der Waals surface area contributed by atoms with Crippen molar-refractivity contribution >= 4 is 34.1 Å². The molecule has 0 saturated heterocycles. The topological polar surface area (TPSA) is 101 Å². The van der Waals surface area contributed by atoms with E-state index in [9.17, 15) is 14.4 Å². The number of benzene rings is 2. The molecule has 2 aliphatic rings. The van der Waals surface area contributed by atoms with Crippen molar-refractivity contribution < 1.29 is 14.4 Å². The Morgan fingerprint density at radius 1 is 0.947 bits per heavy atom. The fourth-order valence-electron chi connectivity index (χ4n) is 5.63. The van der Waals surface area contributed by atoms with Gasteiger partial charge in [-0.15, -0.1) is 11.3 Å². The highest BCUT2D eigenvalue weighted by Gasteiger charge is 2.47. The van der Waals surface area contributed by atoms with Crippen molar-refractivity contribution in [1.29, 1.82) is 0 Å². The summed E-state index contributed by atoms with van der Waals surface area (Å²) in [4.78, 5) is 46.7. The Balaban J connectivity index is 1.08. The number of aromatic nitrogens is 2. The minimum absolute atomic E-state index is 0.174. The number of carbonyl (C=O) groups is 3. The molecule has 0 radical (unpaired) electrons. The molecule has 2 aromatic carbocycles. The third-order valence-electron chi connectivity index (χ3n) is 7.58. The van der Waals surface area contributed by atoms with E-state index in [0.29, 0.717) is 22.9 Å². The van der Waals surface area contributed by atoms with Gasteiger partial charge in [0.2, 0.25) is 5.91 Å². The molecule has 8 heteroatoms. The molecule has 4 aromatic rings. The molecule has 2 amide bonds. The SMILES string of the molecule is O=C(CNC(=O)c1ccc2c(c1)C1(CCCC1=O)CC2)Nc1nc(-c2cccc(-c3ccncc3)c2)cs1. The Bertz CT molecular complexity index is 1550. The van der Waals surface area contributed by atoms with Crippen molar-refractivity contribution in [1.82, 2.24) is 15.3 Å². The summed E-state index contributed by atoms with van der Waals surface area (Å²) >= 11 is 1.33. The summed E-state index contributed by atoms with van der Waals surface area (Å²) in [6.07, 6.45) is 7.60. The Morgan fingerprint density at radius 3 is 2.61 bits per heavy atom. The van der Waals surface area contributed by atoms with Crippen LogP contribution in [0.5, 0.6) is 0 Å². The molecule has 7 nitrogen and oxygen atoms in total. The molecule has 1 atom stereocenters. The monoisotopic (exact) mass is 522 g/mol. The number of pyridine rings is 1. The Kier molecular flexibility index (Phi) is 6.33. The van der Waals surface area contributed by atoms with Gasteiger partial charge in [-0.25, -0.2) is 4.98 Å². The number of anilines is 1. The molecule has 0 bridgehead atoms. The van der Waals surface area contributed by atoms with E-state index in [1.54, 1.807) is 18.5 Å². The molecule has 1 unspecified atom stereocenters. The maximum atomic E-state index is 12.8. The van der Waals surface area contributed by atoms with E-state index in [1.165, 1.54) is 11.3 Å². The van der Waals surface area contributed by atoms with Gasteiger partial charge in [0.15, 0.2) is 5.13 Å². The lowest BCUT2D eigenvalue weighted by Gasteiger charge is -2.23. The number of hydrogen-bond donors (Lipinski definition) is 2. The van der Waals surface area contributed by atoms with Crippen LogP contribution in [-0.4, -0.2) is 34.1 Å². The van der Waals surface area contributed by atoms with Crippen LogP contribution in [0.25, 0.3) is 22.4 Å². The minimum Gasteiger partial charge on any atom is -0.343 e. The zero-order chi connectivity index (χ0) is 26.1. The highest BCUT2D eigenvalue weighted by atomic mass is 32.1. The first-order chi connectivity index (χ1) is 18.5. The normalized spacial score (nSPS) is 17.9. The first kappa shape index (κ1) is 24.2. The van der Waals surface area contributed by atoms with Gasteiger partial charge >= 0.3 is 0 Å². The summed E-state index contributed by atoms with van der Waals surface area (Å²) in [5.74, 6) is -0.392. The number of Topliss-reactive ketones (excluding diaryl/α,β-unsaturated/α-hetero) is 1. The second-order valence-corrected chi connectivity index (χ2v) is 10.7. The number of amides is 2. The van der Waals surface area contributed by atoms with E-state index in [-0.39, 0.29) is 18.4 Å². The van der Waals surface area contributed by atoms with E-state index < -0.39 is 5.41 Å². The second-order valence-electron chi connectivity index (χ2n) is 9.82. The molecule has 190 valence electrons. The van der Waals surface area contributed by atoms with Gasteiger partial charge in [-0.3, -0.25) is 19.4 Å². The van der Waals surface area contributed by atoms with Gasteiger partial charge in [-0.1, -0.05) is 24.3 Å². The highest BCUT2D eigenvalue weighted by Crippen LogP contribution is 2.48. The largest absolute Gasteiger partial charge is 0.343 e. The molecular weight excluding hydrogens is 496 g/mol. The van der Waals surface area contributed by atoms with Crippen LogP contribution >= 0.6 is 11.3 Å². The summed E-state index contributed by atoms with van der Waals surface area (Å²) in [5.41, 5.74) is 6.04. The number of thiazole rings is 1. The van der Waals surface area contributed by atoms with Crippen LogP contribution in [0.2, 0.25) is 0 Å². The quantitative estimate of drug-likeness (QED) is 0.364. The Morgan fingerprint density at radius 2 is 1.79 bits per heavy atom. The third kappa shape index (κ3) is 4.52. The summed E-state index contributed by atoms with van der Waals surface area (Å²) < 4.78 is 0. The van der Waals surface area contributed by atoms with Gasteiger partial charge in [-0.05, 0) is 78.3 Å². The number of hydrogen-bond acceptors (Lipinski definition) is 6. The van der Waals surface area contributed by atoms with Crippen molar-refractivity contribution in [3.8, 4) is 22.4 Å². The minimum atomic E-state index is -0.413. The van der Waals surface area contributed by atoms with E-state index in [4.69, 9.17) is 0 Å². The van der Waals surface area contributed by atoms with Gasteiger partial charge < -0.3 is 10.6 Å². The van der Waals surface area contributed by atoms with Gasteiger partial charge in [0.1, 0.15) is 5.78 Å². The van der Waals surface area contributed by atoms with Crippen molar-refractivity contribution in [2.45, 2.75) is 37.5 Å². The van der Waals surface area contributed by atoms with Crippen LogP contribution in [-0.2, 0) is 21.4 Å². The van der Waals surface area contributed by atoms with Crippen LogP contribution in [0.1, 0.15) is 47.2 Å². The fourth-order valence-corrected chi connectivity index (χ4v) is 6.37. The first-order valence-electron chi connectivity index (χ1n) is 12.7. The molecule has 2 N–H and O–H groups in total. The lowest BCUT2D eigenvalue weighted by Crippen LogP contribution is -2.33. The first-order valence-corrected chi connectivity index (χ1v) is 13.6. The summed E-state index contributed by atoms with van der Waals surface area (Å²) in [7, 11) is 0. The lowest BCUT2D eigenvalue weighted by atomic mass is 9.79. The Hall–Kier alpha value is -4.17. The van der Waals surface area contributed by atoms with E-state index >= 15 is 0 Å². The summed E-state index contributed by atoms with van der Waals surface area (Å²) in [6.45, 7) is -0.174. The zero-order valence-corrected chi connectivity index (χ0v) is 21.5. The highest BCUT2D eigenvalue weighted by molar-refractivity contribution is 7.14. The molecule has 2 heterocycles. The second kappa shape index (κ2) is 9.95. The van der Waals surface area contributed by atoms with Gasteiger partial charge in [-0.2, -0.15) is 0 Å². The van der Waals surface area contributed by atoms with Crippen LogP contribution in [0.15, 0.2) is 72.4 Å². The van der Waals surface area contributed by atoms with Gasteiger partial charge in [0.05, 0.1) is 17.7 Å². The van der Waals surface area contributed by atoms with Crippen molar-refractivity contribution in [3.05, 3.63) is 89.1 Å². The lowest BCUT2D eigenvalue weighted by molar-refractivity contribution is -0.122. The zero-order valence-electron chi connectivity index (χ0n) is 20.7. The predicted molar refractivity (Wildman–Crippen MR) is 147 cm³/mol. The Labute approximate surface area is 224 Å². The third-order valence-corrected chi connectivity index (χ3v) is 8.34. The standard InChI is InChI=1S/C30H26N4O3S/c35-26-5-2-11-30(26)12-8-20-6-7-23(16-24(20)30)28(37)32-17-27(36)34-29-33-25(18-38-29)22-4-1-3-21(15-22)19-9-13-31-14-10-19/h1,3-4,6-7,9-10,13-16,18H,2,5,8,11-12,17H2,(H,32,37)(H,33,34,36). The predicted octanol–water partition coefficient (Wildman–Crippen LogP) is 5.18. The number of fused-ring (bicyclic) bond motifs is 2. The molecule has 1 fully saturated rings. The summed E-state index contributed by atoms with van der Waals surface area (Å²) in [5, 5.41) is 7.83. The average molecular weight is 523 g/mol. The van der Waals surface area contributed by atoms with Crippen molar-refractivity contribution in [2.24, 2.45) is 0 Å². The van der Waals surface area contributed by atoms with Crippen molar-refractivity contribution in [2.75, 3.05) is 11.9 Å². The molecule has 6 rings (SSSR count). The fraction of sp³-hybridized carbons (Fsp3) is 0.233. The number of rotatable bonds is 6. The molecular formula is C30H26N4O3S. The van der Waals surface area contributed by atoms with Crippen LogP contribution in [0.3, 0.4) is 0 Å². The maximum absolute atomic E-state index is 12.8. The van der Waals surface area contributed by atoms with Gasteiger partial charge in [0, 0.05) is 35.3 Å². The van der Waals surface area contributed by atoms with Crippen LogP contribution < -0.4 is 10.6 Å². The van der Waals surface area contributed by atoms with Crippen LogP contribution in [0, 0.1) is 0 Å². The molecule has 1 saturated carbocycles. The molecule has 0 aliphatic heterocycles. The van der Waals surface area contributed by atoms with E-state index in [0.717, 1.165) is 59.2 Å². The average Bonchev–Trinajstić information content (AvgIpc) is 3.67. The number of aryl methyl sites for hydroxylation is 1. The van der Waals surface area contributed by atoms with Crippen molar-refractivity contribution in [3.63, 3.8) is 0 Å². The van der Waals surface area contributed by atoms with Gasteiger partial charge in [0.25, 0.3) is 5.91 Å². The smallest absolute Gasteiger partial charge is 0.251 e. The molecule has 1 spiro atoms. The van der Waals surface area contributed by atoms with Crippen LogP contribution in [0.4, 0.5) is 5.13 Å². The maximum Gasteiger partial charge on any atom is 0.251 e. The molecule has 38 heavy (non-hydrogen) atoms. The number of nitrogens with zero attached hydrogens (tertiary/aromatic N) is 2. The summed E-state index contributed by atoms with van der Waals surface area (Å²) in [6, 6.07) is 17.5. The molecule has 2 aromatic heterocycles. The van der Waals surface area contributed by atoms with E-state index in [1.807, 2.05) is 47.8 Å². The number of ketones is 1. The number of nitrogens with one attached hydrogen (secondary N) is 2. The van der Waals surface area contributed by atoms with E-state index in [2.05, 4.69) is 26.7 Å². The number of carbonyl (C=O) groups excluding carboxylic acids is 3. The molecule has 2 aliphatic carbocycles.